The third-order valence-corrected chi connectivity index (χ3v) is 2.29. The highest BCUT2D eigenvalue weighted by Gasteiger charge is 2.37. The van der Waals surface area contributed by atoms with E-state index in [0.29, 0.717) is 13.2 Å². The molecule has 1 fully saturated rings. The monoisotopic (exact) mass is 182 g/mol. The first-order chi connectivity index (χ1) is 6.12. The van der Waals surface area contributed by atoms with Crippen LogP contribution in [0.4, 0.5) is 0 Å². The van der Waals surface area contributed by atoms with Crippen molar-refractivity contribution in [1.29, 1.82) is 0 Å². The van der Waals surface area contributed by atoms with Gasteiger partial charge in [0.25, 0.3) is 0 Å². The third-order valence-electron chi connectivity index (χ3n) is 2.29. The quantitative estimate of drug-likeness (QED) is 0.694. The number of carbonyl (C=O) groups is 1. The number of hydrogen-bond acceptors (Lipinski definition) is 3. The van der Waals surface area contributed by atoms with Gasteiger partial charge in [0.1, 0.15) is 0 Å². The van der Waals surface area contributed by atoms with E-state index < -0.39 is 5.97 Å². The van der Waals surface area contributed by atoms with Gasteiger partial charge in [-0.15, -0.1) is 0 Å². The van der Waals surface area contributed by atoms with Crippen molar-refractivity contribution in [3.8, 4) is 0 Å². The Morgan fingerprint density at radius 3 is 2.85 bits per heavy atom. The molecule has 1 saturated heterocycles. The molecule has 2 rings (SSSR count). The van der Waals surface area contributed by atoms with Crippen molar-refractivity contribution in [3.63, 3.8) is 0 Å². The average molecular weight is 182 g/mol. The maximum absolute atomic E-state index is 10.5. The van der Waals surface area contributed by atoms with Crippen molar-refractivity contribution in [2.24, 2.45) is 0 Å². The van der Waals surface area contributed by atoms with E-state index in [-0.39, 0.29) is 11.1 Å². The summed E-state index contributed by atoms with van der Waals surface area (Å²) in [5.41, 5.74) is 0.806. The van der Waals surface area contributed by atoms with E-state index >= 15 is 0 Å². The summed E-state index contributed by atoms with van der Waals surface area (Å²) >= 11 is 0. The van der Waals surface area contributed by atoms with Crippen LogP contribution in [-0.4, -0.2) is 34.5 Å². The Balaban J connectivity index is 2.27. The van der Waals surface area contributed by atoms with Crippen LogP contribution in [0.5, 0.6) is 0 Å². The second-order valence-corrected chi connectivity index (χ2v) is 3.53. The third kappa shape index (κ3) is 1.21. The first-order valence-corrected chi connectivity index (χ1v) is 3.99. The normalized spacial score (nSPS) is 19.5. The van der Waals surface area contributed by atoms with Crippen molar-refractivity contribution in [2.75, 3.05) is 13.2 Å². The zero-order valence-corrected chi connectivity index (χ0v) is 7.20. The molecule has 0 bridgehead atoms. The van der Waals surface area contributed by atoms with Gasteiger partial charge >= 0.3 is 5.97 Å². The maximum Gasteiger partial charge on any atom is 0.356 e. The highest BCUT2D eigenvalue weighted by molar-refractivity contribution is 5.85. The number of ether oxygens (including phenoxy) is 1. The molecule has 2 N–H and O–H groups in total. The van der Waals surface area contributed by atoms with Gasteiger partial charge in [-0.05, 0) is 13.0 Å². The number of rotatable bonds is 2. The van der Waals surface area contributed by atoms with Gasteiger partial charge in [0, 0.05) is 5.69 Å². The van der Waals surface area contributed by atoms with Gasteiger partial charge in [-0.2, -0.15) is 5.10 Å². The first kappa shape index (κ1) is 8.25. The molecular formula is C8H10N2O3. The van der Waals surface area contributed by atoms with Crippen LogP contribution in [-0.2, 0) is 10.2 Å². The zero-order chi connectivity index (χ0) is 9.47. The molecule has 5 heteroatoms. The lowest BCUT2D eigenvalue weighted by atomic mass is 9.85. The summed E-state index contributed by atoms with van der Waals surface area (Å²) in [4.78, 5) is 10.5. The number of carboxylic acids is 1. The van der Waals surface area contributed by atoms with Gasteiger partial charge < -0.3 is 9.84 Å². The van der Waals surface area contributed by atoms with Crippen molar-refractivity contribution >= 4 is 5.97 Å². The summed E-state index contributed by atoms with van der Waals surface area (Å²) in [5.74, 6) is -1.01. The largest absolute Gasteiger partial charge is 0.476 e. The van der Waals surface area contributed by atoms with E-state index in [9.17, 15) is 4.79 Å². The van der Waals surface area contributed by atoms with Gasteiger partial charge in [-0.1, -0.05) is 0 Å². The standard InChI is InChI=1S/C8H10N2O3/c1-8(3-13-4-8)6-2-5(7(11)12)9-10-6/h2H,3-4H2,1H3,(H,9,10)(H,11,12). The van der Waals surface area contributed by atoms with Gasteiger partial charge in [0.2, 0.25) is 0 Å². The first-order valence-electron chi connectivity index (χ1n) is 3.99. The molecule has 0 aliphatic carbocycles. The van der Waals surface area contributed by atoms with Crippen molar-refractivity contribution in [3.05, 3.63) is 17.5 Å². The molecule has 1 aromatic heterocycles. The zero-order valence-electron chi connectivity index (χ0n) is 7.20. The molecule has 2 heterocycles. The summed E-state index contributed by atoms with van der Waals surface area (Å²) in [6.07, 6.45) is 0. The Bertz CT molecular complexity index is 341. The Labute approximate surface area is 74.7 Å². The Hall–Kier alpha value is -1.36. The lowest BCUT2D eigenvalue weighted by Gasteiger charge is -2.36. The number of nitrogens with zero attached hydrogens (tertiary/aromatic N) is 1. The van der Waals surface area contributed by atoms with Gasteiger partial charge in [0.15, 0.2) is 5.69 Å². The van der Waals surface area contributed by atoms with Crippen LogP contribution in [0.2, 0.25) is 0 Å². The smallest absolute Gasteiger partial charge is 0.356 e. The molecule has 0 aromatic carbocycles. The summed E-state index contributed by atoms with van der Waals surface area (Å²) in [5, 5.41) is 15.0. The molecular weight excluding hydrogens is 172 g/mol. The lowest BCUT2D eigenvalue weighted by Crippen LogP contribution is -2.44. The SMILES string of the molecule is CC1(c2cc(C(=O)O)n[nH]2)COC1. The molecule has 70 valence electrons. The molecule has 1 aliphatic rings. The topological polar surface area (TPSA) is 75.2 Å². The molecule has 1 aliphatic heterocycles. The Morgan fingerprint density at radius 1 is 1.77 bits per heavy atom. The number of hydrogen-bond donors (Lipinski definition) is 2. The summed E-state index contributed by atoms with van der Waals surface area (Å²) < 4.78 is 5.07. The van der Waals surface area contributed by atoms with E-state index in [1.54, 1.807) is 6.07 Å². The highest BCUT2D eigenvalue weighted by atomic mass is 16.5. The minimum Gasteiger partial charge on any atom is -0.476 e. The molecule has 0 unspecified atom stereocenters. The molecule has 0 saturated carbocycles. The molecule has 0 spiro atoms. The molecule has 1 aromatic rings. The van der Waals surface area contributed by atoms with Crippen LogP contribution >= 0.6 is 0 Å². The van der Waals surface area contributed by atoms with Crippen molar-refractivity contribution < 1.29 is 14.6 Å². The average Bonchev–Trinajstić information content (AvgIpc) is 2.48. The van der Waals surface area contributed by atoms with Crippen LogP contribution in [0.3, 0.4) is 0 Å². The predicted octanol–water partition coefficient (Wildman–Crippen LogP) is 0.396. The fourth-order valence-electron chi connectivity index (χ4n) is 1.30. The number of aromatic nitrogens is 2. The maximum atomic E-state index is 10.5. The van der Waals surface area contributed by atoms with E-state index in [1.165, 1.54) is 0 Å². The molecule has 0 radical (unpaired) electrons. The second kappa shape index (κ2) is 2.56. The van der Waals surface area contributed by atoms with Crippen LogP contribution in [0.1, 0.15) is 23.1 Å². The number of aromatic amines is 1. The summed E-state index contributed by atoms with van der Waals surface area (Å²) in [7, 11) is 0. The number of nitrogens with one attached hydrogen (secondary N) is 1. The summed E-state index contributed by atoms with van der Waals surface area (Å²) in [6.45, 7) is 3.25. The van der Waals surface area contributed by atoms with Gasteiger partial charge in [0.05, 0.1) is 18.6 Å². The molecule has 5 nitrogen and oxygen atoms in total. The Morgan fingerprint density at radius 2 is 2.46 bits per heavy atom. The van der Waals surface area contributed by atoms with Gasteiger partial charge in [-0.25, -0.2) is 4.79 Å². The van der Waals surface area contributed by atoms with Crippen molar-refractivity contribution in [1.82, 2.24) is 10.2 Å². The lowest BCUT2D eigenvalue weighted by molar-refractivity contribution is -0.0521. The molecule has 0 atom stereocenters. The van der Waals surface area contributed by atoms with Crippen LogP contribution in [0.15, 0.2) is 6.07 Å². The van der Waals surface area contributed by atoms with Crippen LogP contribution in [0, 0.1) is 0 Å². The highest BCUT2D eigenvalue weighted by Crippen LogP contribution is 2.30. The molecule has 0 amide bonds. The number of aromatic carboxylic acids is 1. The number of carboxylic acid groups (broad SMARTS) is 1. The van der Waals surface area contributed by atoms with Crippen LogP contribution < -0.4 is 0 Å². The van der Waals surface area contributed by atoms with Crippen molar-refractivity contribution in [2.45, 2.75) is 12.3 Å². The predicted molar refractivity (Wildman–Crippen MR) is 43.7 cm³/mol. The minimum absolute atomic E-state index is 0.0584. The Kier molecular flexibility index (Phi) is 1.63. The number of H-pyrrole nitrogens is 1. The van der Waals surface area contributed by atoms with E-state index in [1.807, 2.05) is 6.92 Å². The van der Waals surface area contributed by atoms with Gasteiger partial charge in [-0.3, -0.25) is 5.10 Å². The summed E-state index contributed by atoms with van der Waals surface area (Å²) in [6, 6.07) is 1.56. The molecule has 13 heavy (non-hydrogen) atoms. The van der Waals surface area contributed by atoms with E-state index in [2.05, 4.69) is 10.2 Å². The second-order valence-electron chi connectivity index (χ2n) is 3.53. The van der Waals surface area contributed by atoms with Crippen LogP contribution in [0.25, 0.3) is 0 Å². The fraction of sp³-hybridized carbons (Fsp3) is 0.500. The van der Waals surface area contributed by atoms with E-state index in [0.717, 1.165) is 5.69 Å². The van der Waals surface area contributed by atoms with E-state index in [4.69, 9.17) is 9.84 Å². The minimum atomic E-state index is -1.01. The fourth-order valence-corrected chi connectivity index (χ4v) is 1.30.